The molecule has 114 valence electrons. The highest BCUT2D eigenvalue weighted by Crippen LogP contribution is 2.29. The van der Waals surface area contributed by atoms with E-state index in [-0.39, 0.29) is 0 Å². The first-order valence-corrected chi connectivity index (χ1v) is 9.01. The Labute approximate surface area is 145 Å². The minimum Gasteiger partial charge on any atom is -0.356 e. The molecule has 0 unspecified atom stereocenters. The predicted molar refractivity (Wildman–Crippen MR) is 97.3 cm³/mol. The van der Waals surface area contributed by atoms with Gasteiger partial charge in [0, 0.05) is 16.6 Å². The molecule has 0 radical (unpaired) electrons. The number of benzene rings is 1. The van der Waals surface area contributed by atoms with Crippen LogP contribution in [-0.4, -0.2) is 15.0 Å². The van der Waals surface area contributed by atoms with Crippen molar-refractivity contribution >= 4 is 49.6 Å². The molecule has 0 atom stereocenters. The summed E-state index contributed by atoms with van der Waals surface area (Å²) in [7, 11) is 0. The fourth-order valence-electron chi connectivity index (χ4n) is 2.14. The van der Waals surface area contributed by atoms with Crippen LogP contribution in [0, 0.1) is 0 Å². The van der Waals surface area contributed by atoms with Gasteiger partial charge in [0.25, 0.3) is 0 Å². The zero-order chi connectivity index (χ0) is 15.6. The number of rotatable bonds is 4. The lowest BCUT2D eigenvalue weighted by Gasteiger charge is -1.98. The van der Waals surface area contributed by atoms with E-state index in [0.29, 0.717) is 6.54 Å². The van der Waals surface area contributed by atoms with E-state index in [9.17, 15) is 0 Å². The zero-order valence-electron chi connectivity index (χ0n) is 11.9. The van der Waals surface area contributed by atoms with E-state index >= 15 is 0 Å². The van der Waals surface area contributed by atoms with Crippen LogP contribution < -0.4 is 5.32 Å². The Morgan fingerprint density at radius 2 is 2.09 bits per heavy atom. The Bertz CT molecular complexity index is 949. The lowest BCUT2D eigenvalue weighted by atomic mass is 10.3. The predicted octanol–water partition coefficient (Wildman–Crippen LogP) is 5.08. The average molecular weight is 359 g/mol. The number of nitrogens with one attached hydrogen (secondary N) is 1. The fraction of sp³-hybridized carbons (Fsp3) is 0.0625. The summed E-state index contributed by atoms with van der Waals surface area (Å²) < 4.78 is 1.08. The molecule has 3 heterocycles. The summed E-state index contributed by atoms with van der Waals surface area (Å²) in [6, 6.07) is 11.6. The van der Waals surface area contributed by atoms with Gasteiger partial charge in [-0.25, -0.2) is 9.97 Å². The lowest BCUT2D eigenvalue weighted by molar-refractivity contribution is 1.07. The van der Waals surface area contributed by atoms with Crippen molar-refractivity contribution in [3.8, 4) is 10.7 Å². The molecular weight excluding hydrogens is 348 g/mol. The fourth-order valence-corrected chi connectivity index (χ4v) is 4.07. The summed E-state index contributed by atoms with van der Waals surface area (Å²) in [4.78, 5) is 13.5. The molecule has 0 saturated carbocycles. The van der Waals surface area contributed by atoms with Crippen LogP contribution in [0.1, 0.15) is 5.69 Å². The summed E-state index contributed by atoms with van der Waals surface area (Å²) in [5.74, 6) is 0. The standard InChI is InChI=1S/C16H11ClN4S2/c17-10-4-5-12-14(7-10)23-16(21-12)19-8-11-9-22-15(20-11)13-3-1-2-6-18-13/h1-7,9H,8H2,(H,19,21). The van der Waals surface area contributed by atoms with Gasteiger partial charge in [-0.1, -0.05) is 29.0 Å². The van der Waals surface area contributed by atoms with Crippen LogP contribution in [0.2, 0.25) is 5.02 Å². The second-order valence-corrected chi connectivity index (χ2v) is 7.17. The molecule has 0 spiro atoms. The van der Waals surface area contributed by atoms with Gasteiger partial charge in [0.05, 0.1) is 28.1 Å². The Balaban J connectivity index is 1.49. The maximum atomic E-state index is 6.01. The van der Waals surface area contributed by atoms with E-state index in [4.69, 9.17) is 11.6 Å². The Kier molecular flexibility index (Phi) is 3.95. The van der Waals surface area contributed by atoms with E-state index in [0.717, 1.165) is 36.8 Å². The highest BCUT2D eigenvalue weighted by Gasteiger charge is 2.07. The molecule has 1 N–H and O–H groups in total. The topological polar surface area (TPSA) is 50.7 Å². The summed E-state index contributed by atoms with van der Waals surface area (Å²) in [6.45, 7) is 0.636. The minimum absolute atomic E-state index is 0.636. The third-order valence-electron chi connectivity index (χ3n) is 3.21. The molecule has 4 rings (SSSR count). The van der Waals surface area contributed by atoms with Gasteiger partial charge in [-0.15, -0.1) is 11.3 Å². The van der Waals surface area contributed by atoms with E-state index in [1.165, 1.54) is 0 Å². The molecule has 0 saturated heterocycles. The van der Waals surface area contributed by atoms with Gasteiger partial charge < -0.3 is 5.32 Å². The zero-order valence-corrected chi connectivity index (χ0v) is 14.3. The molecule has 0 fully saturated rings. The quantitative estimate of drug-likeness (QED) is 0.552. The van der Waals surface area contributed by atoms with E-state index in [2.05, 4.69) is 20.3 Å². The monoisotopic (exact) mass is 358 g/mol. The van der Waals surface area contributed by atoms with Crippen LogP contribution in [0.4, 0.5) is 5.13 Å². The Hall–Kier alpha value is -2.02. The molecule has 0 aliphatic heterocycles. The number of halogens is 1. The van der Waals surface area contributed by atoms with Gasteiger partial charge in [-0.05, 0) is 30.3 Å². The molecule has 3 aromatic heterocycles. The third-order valence-corrected chi connectivity index (χ3v) is 5.33. The lowest BCUT2D eigenvalue weighted by Crippen LogP contribution is -1.99. The molecule has 4 nitrogen and oxygen atoms in total. The minimum atomic E-state index is 0.636. The second kappa shape index (κ2) is 6.23. The van der Waals surface area contributed by atoms with Crippen LogP contribution in [0.25, 0.3) is 20.9 Å². The molecule has 7 heteroatoms. The van der Waals surface area contributed by atoms with Gasteiger partial charge in [0.1, 0.15) is 5.01 Å². The van der Waals surface area contributed by atoms with Gasteiger partial charge in [0.15, 0.2) is 5.13 Å². The molecule has 0 amide bonds. The van der Waals surface area contributed by atoms with Crippen LogP contribution in [-0.2, 0) is 6.54 Å². The highest BCUT2D eigenvalue weighted by molar-refractivity contribution is 7.22. The van der Waals surface area contributed by atoms with Crippen molar-refractivity contribution in [2.24, 2.45) is 0 Å². The third kappa shape index (κ3) is 3.19. The molecule has 0 aliphatic rings. The van der Waals surface area contributed by atoms with Gasteiger partial charge in [0.2, 0.25) is 0 Å². The van der Waals surface area contributed by atoms with Crippen molar-refractivity contribution in [2.75, 3.05) is 5.32 Å². The number of pyridine rings is 1. The van der Waals surface area contributed by atoms with Crippen LogP contribution >= 0.6 is 34.3 Å². The van der Waals surface area contributed by atoms with Gasteiger partial charge in [-0.3, -0.25) is 4.98 Å². The van der Waals surface area contributed by atoms with Crippen LogP contribution in [0.5, 0.6) is 0 Å². The van der Waals surface area contributed by atoms with Crippen molar-refractivity contribution in [1.29, 1.82) is 0 Å². The Morgan fingerprint density at radius 1 is 1.13 bits per heavy atom. The van der Waals surface area contributed by atoms with Crippen molar-refractivity contribution in [3.63, 3.8) is 0 Å². The van der Waals surface area contributed by atoms with Gasteiger partial charge in [-0.2, -0.15) is 0 Å². The summed E-state index contributed by atoms with van der Waals surface area (Å²) >= 11 is 9.19. The highest BCUT2D eigenvalue weighted by atomic mass is 35.5. The molecule has 1 aromatic carbocycles. The van der Waals surface area contributed by atoms with Crippen molar-refractivity contribution in [1.82, 2.24) is 15.0 Å². The number of thiazole rings is 2. The van der Waals surface area contributed by atoms with Crippen molar-refractivity contribution in [2.45, 2.75) is 6.54 Å². The smallest absolute Gasteiger partial charge is 0.184 e. The molecule has 0 aliphatic carbocycles. The largest absolute Gasteiger partial charge is 0.356 e. The number of anilines is 1. The first kappa shape index (κ1) is 14.6. The van der Waals surface area contributed by atoms with Crippen molar-refractivity contribution < 1.29 is 0 Å². The number of hydrogen-bond acceptors (Lipinski definition) is 6. The number of nitrogens with zero attached hydrogens (tertiary/aromatic N) is 3. The maximum absolute atomic E-state index is 6.01. The molecule has 0 bridgehead atoms. The van der Waals surface area contributed by atoms with Crippen LogP contribution in [0.3, 0.4) is 0 Å². The average Bonchev–Trinajstić information content (AvgIpc) is 3.20. The normalized spacial score (nSPS) is 11.0. The molecule has 23 heavy (non-hydrogen) atoms. The summed E-state index contributed by atoms with van der Waals surface area (Å²) in [6.07, 6.45) is 1.78. The first-order valence-electron chi connectivity index (χ1n) is 6.94. The van der Waals surface area contributed by atoms with E-state index < -0.39 is 0 Å². The molecule has 4 aromatic rings. The second-order valence-electron chi connectivity index (χ2n) is 4.84. The summed E-state index contributed by atoms with van der Waals surface area (Å²) in [5, 5.41) is 7.89. The van der Waals surface area contributed by atoms with Crippen LogP contribution in [0.15, 0.2) is 48.0 Å². The summed E-state index contributed by atoms with van der Waals surface area (Å²) in [5.41, 5.74) is 2.83. The van der Waals surface area contributed by atoms with Crippen molar-refractivity contribution in [3.05, 3.63) is 58.7 Å². The van der Waals surface area contributed by atoms with E-state index in [1.54, 1.807) is 28.9 Å². The van der Waals surface area contributed by atoms with Gasteiger partial charge >= 0.3 is 0 Å². The first-order chi connectivity index (χ1) is 11.3. The number of hydrogen-bond donors (Lipinski definition) is 1. The number of fused-ring (bicyclic) bond motifs is 1. The number of aromatic nitrogens is 3. The Morgan fingerprint density at radius 3 is 2.96 bits per heavy atom. The SMILES string of the molecule is Clc1ccc2nc(NCc3csc(-c4ccccn4)n3)sc2c1. The maximum Gasteiger partial charge on any atom is 0.184 e. The van der Waals surface area contributed by atoms with E-state index in [1.807, 2.05) is 41.8 Å². The molecular formula is C16H11ClN4S2.